The fraction of sp³-hybridized carbons (Fsp3) is 0.769. The van der Waals surface area contributed by atoms with E-state index in [4.69, 9.17) is 9.72 Å². The quantitative estimate of drug-likeness (QED) is 0.809. The van der Waals surface area contributed by atoms with Gasteiger partial charge in [-0.1, -0.05) is 13.8 Å². The van der Waals surface area contributed by atoms with Crippen LogP contribution in [0.5, 0.6) is 0 Å². The first kappa shape index (κ1) is 11.6. The van der Waals surface area contributed by atoms with Crippen LogP contribution in [0.3, 0.4) is 0 Å². The molecule has 3 rings (SSSR count). The zero-order valence-corrected chi connectivity index (χ0v) is 11.4. The Morgan fingerprint density at radius 2 is 2.41 bits per heavy atom. The van der Waals surface area contributed by atoms with E-state index >= 15 is 0 Å². The average molecular weight is 252 g/mol. The Morgan fingerprint density at radius 3 is 3.18 bits per heavy atom. The topological polar surface area (TPSA) is 25.4 Å². The molecular formula is C13H20N2OS. The molecule has 1 aromatic heterocycles. The summed E-state index contributed by atoms with van der Waals surface area (Å²) in [6, 6.07) is 0.677. The maximum absolute atomic E-state index is 5.98. The molecule has 2 unspecified atom stereocenters. The van der Waals surface area contributed by atoms with Gasteiger partial charge in [0.15, 0.2) is 0 Å². The van der Waals surface area contributed by atoms with E-state index in [-0.39, 0.29) is 6.10 Å². The zero-order valence-electron chi connectivity index (χ0n) is 10.6. The van der Waals surface area contributed by atoms with Crippen LogP contribution in [0.15, 0.2) is 5.38 Å². The molecule has 0 radical (unpaired) electrons. The van der Waals surface area contributed by atoms with Crippen molar-refractivity contribution in [3.05, 3.63) is 16.1 Å². The van der Waals surface area contributed by atoms with Gasteiger partial charge in [0.1, 0.15) is 11.1 Å². The minimum Gasteiger partial charge on any atom is -0.368 e. The normalized spacial score (nSPS) is 29.8. The Labute approximate surface area is 107 Å². The number of ether oxygens (including phenoxy) is 1. The van der Waals surface area contributed by atoms with Crippen molar-refractivity contribution >= 4 is 11.3 Å². The molecule has 0 aromatic carbocycles. The van der Waals surface area contributed by atoms with Crippen molar-refractivity contribution in [2.45, 2.75) is 44.8 Å². The van der Waals surface area contributed by atoms with Gasteiger partial charge in [-0.2, -0.15) is 0 Å². The van der Waals surface area contributed by atoms with Crippen molar-refractivity contribution in [1.29, 1.82) is 0 Å². The van der Waals surface area contributed by atoms with E-state index in [9.17, 15) is 0 Å². The number of hydrogen-bond donors (Lipinski definition) is 0. The highest BCUT2D eigenvalue weighted by atomic mass is 32.1. The molecule has 2 aliphatic rings. The summed E-state index contributed by atoms with van der Waals surface area (Å²) in [5, 5.41) is 3.35. The van der Waals surface area contributed by atoms with Crippen LogP contribution in [-0.4, -0.2) is 35.6 Å². The van der Waals surface area contributed by atoms with E-state index in [2.05, 4.69) is 24.1 Å². The summed E-state index contributed by atoms with van der Waals surface area (Å²) >= 11 is 1.76. The van der Waals surface area contributed by atoms with E-state index in [1.807, 2.05) is 0 Å². The smallest absolute Gasteiger partial charge is 0.123 e. The Morgan fingerprint density at radius 1 is 1.53 bits per heavy atom. The lowest BCUT2D eigenvalue weighted by molar-refractivity contribution is -0.0502. The van der Waals surface area contributed by atoms with Crippen molar-refractivity contribution in [1.82, 2.24) is 9.88 Å². The minimum atomic E-state index is 0.210. The van der Waals surface area contributed by atoms with Crippen molar-refractivity contribution in [3.8, 4) is 0 Å². The van der Waals surface area contributed by atoms with E-state index in [0.717, 1.165) is 13.2 Å². The summed E-state index contributed by atoms with van der Waals surface area (Å²) < 4.78 is 5.98. The fourth-order valence-corrected chi connectivity index (χ4v) is 3.70. The summed E-state index contributed by atoms with van der Waals surface area (Å²) in [6.07, 6.45) is 2.85. The lowest BCUT2D eigenvalue weighted by Crippen LogP contribution is -2.42. The zero-order chi connectivity index (χ0) is 11.8. The molecule has 2 fully saturated rings. The van der Waals surface area contributed by atoms with Gasteiger partial charge in [-0.05, 0) is 25.3 Å². The highest BCUT2D eigenvalue weighted by Crippen LogP contribution is 2.32. The van der Waals surface area contributed by atoms with Crippen LogP contribution in [0.1, 0.15) is 49.4 Å². The molecule has 2 saturated heterocycles. The second-order valence-corrected chi connectivity index (χ2v) is 6.27. The molecule has 0 saturated carbocycles. The molecule has 94 valence electrons. The highest BCUT2D eigenvalue weighted by molar-refractivity contribution is 7.09. The molecule has 0 N–H and O–H groups in total. The van der Waals surface area contributed by atoms with Crippen LogP contribution in [0.4, 0.5) is 0 Å². The first-order valence-corrected chi connectivity index (χ1v) is 7.43. The van der Waals surface area contributed by atoms with Crippen LogP contribution in [0.25, 0.3) is 0 Å². The van der Waals surface area contributed by atoms with Gasteiger partial charge in [0.2, 0.25) is 0 Å². The fourth-order valence-electron chi connectivity index (χ4n) is 2.68. The number of rotatable bonds is 2. The maximum Gasteiger partial charge on any atom is 0.123 e. The number of aromatic nitrogens is 1. The molecule has 2 atom stereocenters. The molecule has 0 spiro atoms. The van der Waals surface area contributed by atoms with Gasteiger partial charge in [-0.15, -0.1) is 11.3 Å². The largest absolute Gasteiger partial charge is 0.368 e. The number of nitrogens with zero attached hydrogens (tertiary/aromatic N) is 2. The predicted molar refractivity (Wildman–Crippen MR) is 69.5 cm³/mol. The maximum atomic E-state index is 5.98. The van der Waals surface area contributed by atoms with E-state index in [0.29, 0.717) is 12.0 Å². The van der Waals surface area contributed by atoms with Gasteiger partial charge < -0.3 is 4.74 Å². The Bertz CT molecular complexity index is 391. The predicted octanol–water partition coefficient (Wildman–Crippen LogP) is 2.80. The van der Waals surface area contributed by atoms with Crippen LogP contribution < -0.4 is 0 Å². The van der Waals surface area contributed by atoms with Gasteiger partial charge in [0.05, 0.1) is 12.3 Å². The molecule has 4 heteroatoms. The first-order chi connectivity index (χ1) is 8.24. The summed E-state index contributed by atoms with van der Waals surface area (Å²) in [4.78, 5) is 7.29. The molecule has 2 aliphatic heterocycles. The summed E-state index contributed by atoms with van der Waals surface area (Å²) in [5.74, 6) is 0.517. The lowest BCUT2D eigenvalue weighted by atomic mass is 10.1. The van der Waals surface area contributed by atoms with E-state index in [1.54, 1.807) is 11.3 Å². The van der Waals surface area contributed by atoms with Crippen molar-refractivity contribution in [3.63, 3.8) is 0 Å². The van der Waals surface area contributed by atoms with E-state index in [1.165, 1.54) is 30.1 Å². The monoisotopic (exact) mass is 252 g/mol. The second kappa shape index (κ2) is 4.67. The van der Waals surface area contributed by atoms with Gasteiger partial charge in [0.25, 0.3) is 0 Å². The number of thiazole rings is 1. The lowest BCUT2D eigenvalue weighted by Gasteiger charge is -2.34. The average Bonchev–Trinajstić information content (AvgIpc) is 2.97. The van der Waals surface area contributed by atoms with Crippen LogP contribution in [0.2, 0.25) is 0 Å². The van der Waals surface area contributed by atoms with E-state index < -0.39 is 0 Å². The van der Waals surface area contributed by atoms with Gasteiger partial charge in [0, 0.05) is 18.0 Å². The van der Waals surface area contributed by atoms with Gasteiger partial charge >= 0.3 is 0 Å². The molecule has 1 aromatic rings. The number of fused-ring (bicyclic) bond motifs is 1. The summed E-state index contributed by atoms with van der Waals surface area (Å²) in [5.41, 5.74) is 1.21. The SMILES string of the molecule is CC(C)c1csc(C2CN3CCCC3CO2)n1. The third-order valence-electron chi connectivity index (χ3n) is 3.80. The van der Waals surface area contributed by atoms with Crippen LogP contribution in [0, 0.1) is 0 Å². The Balaban J connectivity index is 1.71. The molecule has 17 heavy (non-hydrogen) atoms. The minimum absolute atomic E-state index is 0.210. The summed E-state index contributed by atoms with van der Waals surface area (Å²) in [6.45, 7) is 7.55. The third kappa shape index (κ3) is 2.26. The molecule has 0 bridgehead atoms. The number of morpholine rings is 1. The molecular weight excluding hydrogens is 232 g/mol. The molecule has 3 heterocycles. The second-order valence-electron chi connectivity index (χ2n) is 5.38. The Kier molecular flexibility index (Phi) is 3.19. The van der Waals surface area contributed by atoms with Crippen molar-refractivity contribution in [2.75, 3.05) is 19.7 Å². The van der Waals surface area contributed by atoms with Crippen molar-refractivity contribution < 1.29 is 4.74 Å². The van der Waals surface area contributed by atoms with Crippen LogP contribution in [-0.2, 0) is 4.74 Å². The standard InChI is InChI=1S/C13H20N2OS/c1-9(2)11-8-17-13(14-11)12-6-15-5-3-4-10(15)7-16-12/h8-10,12H,3-7H2,1-2H3. The Hall–Kier alpha value is -0.450. The van der Waals surface area contributed by atoms with Gasteiger partial charge in [-0.3, -0.25) is 4.90 Å². The molecule has 3 nitrogen and oxygen atoms in total. The molecule has 0 aliphatic carbocycles. The third-order valence-corrected chi connectivity index (χ3v) is 4.75. The summed E-state index contributed by atoms with van der Waals surface area (Å²) in [7, 11) is 0. The number of hydrogen-bond acceptors (Lipinski definition) is 4. The molecule has 0 amide bonds. The first-order valence-electron chi connectivity index (χ1n) is 6.55. The van der Waals surface area contributed by atoms with Crippen LogP contribution >= 0.6 is 11.3 Å². The highest BCUT2D eigenvalue weighted by Gasteiger charge is 2.34. The van der Waals surface area contributed by atoms with Gasteiger partial charge in [-0.25, -0.2) is 4.98 Å². The van der Waals surface area contributed by atoms with Crippen molar-refractivity contribution in [2.24, 2.45) is 0 Å².